The second-order valence-electron chi connectivity index (χ2n) is 4.50. The van der Waals surface area contributed by atoms with E-state index in [9.17, 15) is 4.79 Å². The van der Waals surface area contributed by atoms with Crippen molar-refractivity contribution >= 4 is 16.8 Å². The van der Waals surface area contributed by atoms with E-state index in [0.29, 0.717) is 12.1 Å². The van der Waals surface area contributed by atoms with Crippen LogP contribution < -0.4 is 16.0 Å². The Morgan fingerprint density at radius 3 is 2.83 bits per heavy atom. The van der Waals surface area contributed by atoms with E-state index in [4.69, 9.17) is 4.42 Å². The van der Waals surface area contributed by atoms with Gasteiger partial charge in [-0.1, -0.05) is 0 Å². The van der Waals surface area contributed by atoms with E-state index in [1.54, 1.807) is 4.57 Å². The summed E-state index contributed by atoms with van der Waals surface area (Å²) in [5, 5.41) is 3.32. The van der Waals surface area contributed by atoms with Gasteiger partial charge in [0.05, 0.1) is 5.52 Å². The zero-order chi connectivity index (χ0) is 12.5. The fourth-order valence-corrected chi connectivity index (χ4v) is 2.47. The third-order valence-corrected chi connectivity index (χ3v) is 3.45. The van der Waals surface area contributed by atoms with Crippen LogP contribution in [0.5, 0.6) is 0 Å². The average Bonchev–Trinajstić information content (AvgIpc) is 2.74. The Balaban J connectivity index is 2.03. The van der Waals surface area contributed by atoms with Gasteiger partial charge in [0.2, 0.25) is 0 Å². The number of nitrogens with one attached hydrogen (secondary N) is 1. The number of nitrogens with zero attached hydrogens (tertiary/aromatic N) is 2. The van der Waals surface area contributed by atoms with Crippen molar-refractivity contribution in [1.29, 1.82) is 0 Å². The van der Waals surface area contributed by atoms with Crippen molar-refractivity contribution in [2.24, 2.45) is 0 Å². The molecule has 0 aliphatic carbocycles. The van der Waals surface area contributed by atoms with Gasteiger partial charge >= 0.3 is 5.76 Å². The van der Waals surface area contributed by atoms with Crippen LogP contribution in [-0.2, 0) is 6.54 Å². The van der Waals surface area contributed by atoms with Crippen molar-refractivity contribution in [1.82, 2.24) is 9.88 Å². The van der Waals surface area contributed by atoms with E-state index in [2.05, 4.69) is 16.3 Å². The topological polar surface area (TPSA) is 50.4 Å². The summed E-state index contributed by atoms with van der Waals surface area (Å²) in [4.78, 5) is 13.9. The van der Waals surface area contributed by atoms with E-state index in [1.807, 2.05) is 19.1 Å². The Hall–Kier alpha value is -1.75. The SMILES string of the molecule is CCn1c(=O)oc2cc(N3CCNCC3)ccc21. The molecule has 1 N–H and O–H groups in total. The fourth-order valence-electron chi connectivity index (χ4n) is 2.47. The number of hydrogen-bond acceptors (Lipinski definition) is 4. The molecule has 1 aliphatic rings. The van der Waals surface area contributed by atoms with E-state index in [-0.39, 0.29) is 5.76 Å². The number of hydrogen-bond donors (Lipinski definition) is 1. The lowest BCUT2D eigenvalue weighted by Crippen LogP contribution is -2.43. The molecule has 5 nitrogen and oxygen atoms in total. The number of anilines is 1. The Morgan fingerprint density at radius 2 is 2.11 bits per heavy atom. The van der Waals surface area contributed by atoms with Crippen LogP contribution >= 0.6 is 0 Å². The second kappa shape index (κ2) is 4.49. The second-order valence-corrected chi connectivity index (χ2v) is 4.50. The Kier molecular flexibility index (Phi) is 2.83. The molecule has 0 spiro atoms. The lowest BCUT2D eigenvalue weighted by molar-refractivity contribution is 0.513. The molecule has 2 aromatic rings. The van der Waals surface area contributed by atoms with Gasteiger partial charge in [0.15, 0.2) is 5.58 Å². The van der Waals surface area contributed by atoms with E-state index < -0.39 is 0 Å². The van der Waals surface area contributed by atoms with Crippen molar-refractivity contribution in [3.8, 4) is 0 Å². The standard InChI is InChI=1S/C13H17N3O2/c1-2-16-11-4-3-10(9-12(11)18-13(16)17)15-7-5-14-6-8-15/h3-4,9,14H,2,5-8H2,1H3. The number of oxazole rings is 1. The number of benzene rings is 1. The average molecular weight is 247 g/mol. The third kappa shape index (κ3) is 1.80. The number of aryl methyl sites for hydroxylation is 1. The summed E-state index contributed by atoms with van der Waals surface area (Å²) >= 11 is 0. The van der Waals surface area contributed by atoms with Crippen LogP contribution in [0.2, 0.25) is 0 Å². The summed E-state index contributed by atoms with van der Waals surface area (Å²) < 4.78 is 6.94. The molecule has 5 heteroatoms. The summed E-state index contributed by atoms with van der Waals surface area (Å²) in [5.41, 5.74) is 2.68. The first-order chi connectivity index (χ1) is 8.79. The van der Waals surface area contributed by atoms with Crippen LogP contribution in [0, 0.1) is 0 Å². The van der Waals surface area contributed by atoms with Crippen molar-refractivity contribution in [2.75, 3.05) is 31.1 Å². The van der Waals surface area contributed by atoms with Crippen LogP contribution in [0.4, 0.5) is 5.69 Å². The molecule has 0 radical (unpaired) electrons. The van der Waals surface area contributed by atoms with Gasteiger partial charge in [0, 0.05) is 44.5 Å². The summed E-state index contributed by atoms with van der Waals surface area (Å²) in [6, 6.07) is 6.00. The molecule has 1 fully saturated rings. The minimum absolute atomic E-state index is 0.273. The Morgan fingerprint density at radius 1 is 1.33 bits per heavy atom. The van der Waals surface area contributed by atoms with Crippen LogP contribution in [0.15, 0.2) is 27.4 Å². The highest BCUT2D eigenvalue weighted by Crippen LogP contribution is 2.21. The molecule has 3 rings (SSSR count). The largest absolute Gasteiger partial charge is 0.419 e. The quantitative estimate of drug-likeness (QED) is 0.861. The highest BCUT2D eigenvalue weighted by atomic mass is 16.4. The zero-order valence-corrected chi connectivity index (χ0v) is 10.5. The molecule has 0 saturated carbocycles. The van der Waals surface area contributed by atoms with E-state index >= 15 is 0 Å². The van der Waals surface area contributed by atoms with Gasteiger partial charge in [-0.25, -0.2) is 4.79 Å². The van der Waals surface area contributed by atoms with Crippen LogP contribution in [-0.4, -0.2) is 30.7 Å². The molecule has 2 heterocycles. The minimum atomic E-state index is -0.273. The number of fused-ring (bicyclic) bond motifs is 1. The van der Waals surface area contributed by atoms with Gasteiger partial charge in [0.1, 0.15) is 0 Å². The van der Waals surface area contributed by atoms with E-state index in [1.165, 1.54) is 0 Å². The van der Waals surface area contributed by atoms with Crippen LogP contribution in [0.3, 0.4) is 0 Å². The molecule has 0 unspecified atom stereocenters. The van der Waals surface area contributed by atoms with Crippen LogP contribution in [0.25, 0.3) is 11.1 Å². The highest BCUT2D eigenvalue weighted by molar-refractivity contribution is 5.77. The summed E-state index contributed by atoms with van der Waals surface area (Å²) in [6.45, 7) is 6.56. The highest BCUT2D eigenvalue weighted by Gasteiger charge is 2.13. The first kappa shape index (κ1) is 11.3. The van der Waals surface area contributed by atoms with E-state index in [0.717, 1.165) is 37.4 Å². The summed E-state index contributed by atoms with van der Waals surface area (Å²) in [6.07, 6.45) is 0. The predicted molar refractivity (Wildman–Crippen MR) is 71.2 cm³/mol. The molecular weight excluding hydrogens is 230 g/mol. The molecule has 1 aromatic heterocycles. The lowest BCUT2D eigenvalue weighted by atomic mass is 10.2. The first-order valence-corrected chi connectivity index (χ1v) is 6.38. The predicted octanol–water partition coefficient (Wildman–Crippen LogP) is 1.02. The molecule has 0 amide bonds. The molecular formula is C13H17N3O2. The molecule has 1 saturated heterocycles. The maximum Gasteiger partial charge on any atom is 0.419 e. The van der Waals surface area contributed by atoms with Crippen molar-refractivity contribution in [3.05, 3.63) is 28.7 Å². The third-order valence-electron chi connectivity index (χ3n) is 3.45. The number of rotatable bonds is 2. The van der Waals surface area contributed by atoms with Gasteiger partial charge in [-0.15, -0.1) is 0 Å². The molecule has 0 atom stereocenters. The van der Waals surface area contributed by atoms with Gasteiger partial charge in [-0.05, 0) is 19.1 Å². The van der Waals surface area contributed by atoms with Gasteiger partial charge < -0.3 is 14.6 Å². The maximum atomic E-state index is 11.6. The molecule has 1 aliphatic heterocycles. The summed E-state index contributed by atoms with van der Waals surface area (Å²) in [5.74, 6) is -0.273. The van der Waals surface area contributed by atoms with Crippen molar-refractivity contribution in [2.45, 2.75) is 13.5 Å². The Labute approximate surface area is 105 Å². The lowest BCUT2D eigenvalue weighted by Gasteiger charge is -2.29. The van der Waals surface area contributed by atoms with Gasteiger partial charge in [-0.2, -0.15) is 0 Å². The smallest absolute Gasteiger partial charge is 0.408 e. The fraction of sp³-hybridized carbons (Fsp3) is 0.462. The molecule has 96 valence electrons. The van der Waals surface area contributed by atoms with Crippen molar-refractivity contribution < 1.29 is 4.42 Å². The normalized spacial score (nSPS) is 16.4. The van der Waals surface area contributed by atoms with Gasteiger partial charge in [-0.3, -0.25) is 4.57 Å². The summed E-state index contributed by atoms with van der Waals surface area (Å²) in [7, 11) is 0. The van der Waals surface area contributed by atoms with Crippen molar-refractivity contribution in [3.63, 3.8) is 0 Å². The molecule has 1 aromatic carbocycles. The first-order valence-electron chi connectivity index (χ1n) is 6.38. The number of piperazine rings is 1. The minimum Gasteiger partial charge on any atom is -0.408 e. The molecule has 18 heavy (non-hydrogen) atoms. The zero-order valence-electron chi connectivity index (χ0n) is 10.5. The van der Waals surface area contributed by atoms with Gasteiger partial charge in [0.25, 0.3) is 0 Å². The number of aromatic nitrogens is 1. The van der Waals surface area contributed by atoms with Crippen LogP contribution in [0.1, 0.15) is 6.92 Å². The monoisotopic (exact) mass is 247 g/mol. The molecule has 0 bridgehead atoms. The Bertz CT molecular complexity index is 608. The maximum absolute atomic E-state index is 11.6.